The van der Waals surface area contributed by atoms with E-state index in [0.29, 0.717) is 24.7 Å². The van der Waals surface area contributed by atoms with Crippen molar-refractivity contribution in [3.8, 4) is 5.75 Å². The van der Waals surface area contributed by atoms with Crippen LogP contribution in [0, 0.1) is 0 Å². The lowest BCUT2D eigenvalue weighted by molar-refractivity contribution is 0.306. The zero-order chi connectivity index (χ0) is 37.1. The maximum Gasteiger partial charge on any atom is 0.126 e. The highest BCUT2D eigenvalue weighted by Crippen LogP contribution is 2.34. The summed E-state index contributed by atoms with van der Waals surface area (Å²) in [4.78, 5) is 26.5. The third-order valence-corrected chi connectivity index (χ3v) is 10.2. The van der Waals surface area contributed by atoms with E-state index in [1.807, 2.05) is 73.1 Å². The lowest BCUT2D eigenvalue weighted by atomic mass is 10.1. The molecule has 0 saturated heterocycles. The van der Waals surface area contributed by atoms with Crippen molar-refractivity contribution in [2.24, 2.45) is 0 Å². The maximum absolute atomic E-state index is 6.40. The number of hydrogen-bond donors (Lipinski definition) is 3. The Morgan fingerprint density at radius 2 is 1.11 bits per heavy atom. The fraction of sp³-hybridized carbons (Fsp3) is 0.159. The lowest BCUT2D eigenvalue weighted by Gasteiger charge is -2.24. The van der Waals surface area contributed by atoms with Crippen molar-refractivity contribution in [2.45, 2.75) is 0 Å². The van der Waals surface area contributed by atoms with E-state index in [9.17, 15) is 0 Å². The van der Waals surface area contributed by atoms with Gasteiger partial charge in [-0.05, 0) is 72.8 Å². The predicted molar refractivity (Wildman–Crippen MR) is 227 cm³/mol. The molecule has 272 valence electrons. The SMILES string of the molecule is COc1ccc2nc3cc(Cl)ccc3c(NCCN(CCNc3ccc4ccc5cccnc5c4n3)CCNc3ccc4ccc5cccnc5c4n3)c2c1. The molecule has 0 unspecified atom stereocenters. The Balaban J connectivity index is 0.940. The van der Waals surface area contributed by atoms with Gasteiger partial charge in [0, 0.05) is 89.0 Å². The largest absolute Gasteiger partial charge is 0.497 e. The molecular weight excluding hydrogens is 706 g/mol. The summed E-state index contributed by atoms with van der Waals surface area (Å²) >= 11 is 6.40. The molecule has 0 aliphatic heterocycles. The highest BCUT2D eigenvalue weighted by atomic mass is 35.5. The minimum absolute atomic E-state index is 0.653. The molecule has 11 heteroatoms. The molecule has 0 saturated carbocycles. The monoisotopic (exact) mass is 743 g/mol. The van der Waals surface area contributed by atoms with Crippen molar-refractivity contribution in [1.29, 1.82) is 0 Å². The van der Waals surface area contributed by atoms with Crippen LogP contribution in [-0.2, 0) is 0 Å². The molecule has 0 aliphatic carbocycles. The minimum Gasteiger partial charge on any atom is -0.497 e. The fourth-order valence-corrected chi connectivity index (χ4v) is 7.38. The summed E-state index contributed by atoms with van der Waals surface area (Å²) in [6.07, 6.45) is 3.64. The predicted octanol–water partition coefficient (Wildman–Crippen LogP) is 9.18. The van der Waals surface area contributed by atoms with Crippen molar-refractivity contribution in [2.75, 3.05) is 62.3 Å². The van der Waals surface area contributed by atoms with Gasteiger partial charge in [0.1, 0.15) is 17.4 Å². The Labute approximate surface area is 322 Å². The molecule has 9 aromatic rings. The van der Waals surface area contributed by atoms with Gasteiger partial charge in [0.2, 0.25) is 0 Å². The molecule has 9 rings (SSSR count). The zero-order valence-electron chi connectivity index (χ0n) is 30.3. The number of aromatic nitrogens is 5. The van der Waals surface area contributed by atoms with E-state index < -0.39 is 0 Å². The van der Waals surface area contributed by atoms with E-state index in [1.165, 1.54) is 0 Å². The number of hydrogen-bond acceptors (Lipinski definition) is 10. The van der Waals surface area contributed by atoms with E-state index in [1.54, 1.807) is 7.11 Å². The topological polar surface area (TPSA) is 113 Å². The average molecular weight is 744 g/mol. The number of pyridine rings is 5. The normalized spacial score (nSPS) is 11.7. The van der Waals surface area contributed by atoms with E-state index >= 15 is 0 Å². The summed E-state index contributed by atoms with van der Waals surface area (Å²) in [5.41, 5.74) is 6.33. The summed E-state index contributed by atoms with van der Waals surface area (Å²) < 4.78 is 5.59. The van der Waals surface area contributed by atoms with Crippen LogP contribution >= 0.6 is 11.6 Å². The molecular formula is C44H38ClN9O. The molecule has 0 atom stereocenters. The second-order valence-electron chi connectivity index (χ2n) is 13.5. The van der Waals surface area contributed by atoms with Crippen molar-refractivity contribution in [3.63, 3.8) is 0 Å². The summed E-state index contributed by atoms with van der Waals surface area (Å²) in [5, 5.41) is 17.9. The van der Waals surface area contributed by atoms with Crippen LogP contribution in [0.3, 0.4) is 0 Å². The van der Waals surface area contributed by atoms with Gasteiger partial charge in [0.15, 0.2) is 0 Å². The zero-order valence-corrected chi connectivity index (χ0v) is 31.0. The van der Waals surface area contributed by atoms with Crippen molar-refractivity contribution >= 4 is 94.3 Å². The third-order valence-electron chi connectivity index (χ3n) is 10.0. The summed E-state index contributed by atoms with van der Waals surface area (Å²) in [6.45, 7) is 4.48. The van der Waals surface area contributed by atoms with Crippen LogP contribution < -0.4 is 20.7 Å². The molecule has 0 aliphatic rings. The van der Waals surface area contributed by atoms with Crippen LogP contribution in [0.1, 0.15) is 0 Å². The van der Waals surface area contributed by atoms with E-state index in [2.05, 4.69) is 79.3 Å². The van der Waals surface area contributed by atoms with Crippen LogP contribution in [0.15, 0.2) is 122 Å². The Morgan fingerprint density at radius 1 is 0.545 bits per heavy atom. The van der Waals surface area contributed by atoms with Gasteiger partial charge in [-0.15, -0.1) is 0 Å². The third kappa shape index (κ3) is 7.17. The molecule has 0 bridgehead atoms. The average Bonchev–Trinajstić information content (AvgIpc) is 3.22. The number of nitrogens with one attached hydrogen (secondary N) is 3. The molecule has 4 aromatic carbocycles. The van der Waals surface area contributed by atoms with Crippen molar-refractivity contribution in [3.05, 3.63) is 127 Å². The van der Waals surface area contributed by atoms with Gasteiger partial charge in [-0.2, -0.15) is 0 Å². The number of methoxy groups -OCH3 is 1. The number of fused-ring (bicyclic) bond motifs is 8. The van der Waals surface area contributed by atoms with Gasteiger partial charge >= 0.3 is 0 Å². The second kappa shape index (κ2) is 15.2. The van der Waals surface area contributed by atoms with Gasteiger partial charge < -0.3 is 20.7 Å². The highest BCUT2D eigenvalue weighted by molar-refractivity contribution is 6.31. The molecule has 0 fully saturated rings. The molecule has 10 nitrogen and oxygen atoms in total. The summed E-state index contributed by atoms with van der Waals surface area (Å²) in [7, 11) is 1.68. The second-order valence-corrected chi connectivity index (χ2v) is 13.9. The first-order valence-electron chi connectivity index (χ1n) is 18.4. The standard InChI is InChI=1S/C44H38ClN9O/c1-55-33-13-15-36-35(27-33)44(34-14-12-32(45)26-37(34)51-36)50-22-25-54(23-20-46-38-16-10-30-8-6-28-4-2-18-48-40(28)42(30)52-38)24-21-47-39-17-11-31-9-7-29-5-3-19-49-41(29)43(31)53-39/h2-19,26-27H,20-25H2,1H3,(H,46,52)(H,47,53)(H,50,51). The van der Waals surface area contributed by atoms with Crippen LogP contribution in [-0.4, -0.2) is 76.2 Å². The van der Waals surface area contributed by atoms with Crippen molar-refractivity contribution in [1.82, 2.24) is 29.8 Å². The van der Waals surface area contributed by atoms with Gasteiger partial charge in [0.25, 0.3) is 0 Å². The van der Waals surface area contributed by atoms with Crippen LogP contribution in [0.25, 0.3) is 65.4 Å². The van der Waals surface area contributed by atoms with Gasteiger partial charge in [0.05, 0.1) is 45.9 Å². The highest BCUT2D eigenvalue weighted by Gasteiger charge is 2.13. The Morgan fingerprint density at radius 3 is 1.71 bits per heavy atom. The molecule has 0 spiro atoms. The number of anilines is 3. The number of ether oxygens (including phenoxy) is 1. The molecule has 0 amide bonds. The number of nitrogens with zero attached hydrogens (tertiary/aromatic N) is 6. The van der Waals surface area contributed by atoms with Crippen LogP contribution in [0.4, 0.5) is 17.3 Å². The number of benzene rings is 4. The van der Waals surface area contributed by atoms with Gasteiger partial charge in [-0.25, -0.2) is 15.0 Å². The van der Waals surface area contributed by atoms with Gasteiger partial charge in [-0.1, -0.05) is 48.0 Å². The minimum atomic E-state index is 0.653. The quantitative estimate of drug-likeness (QED) is 0.0781. The van der Waals surface area contributed by atoms with E-state index in [4.69, 9.17) is 31.3 Å². The smallest absolute Gasteiger partial charge is 0.126 e. The van der Waals surface area contributed by atoms with Crippen molar-refractivity contribution < 1.29 is 4.74 Å². The Kier molecular flexibility index (Phi) is 9.49. The van der Waals surface area contributed by atoms with Crippen LogP contribution in [0.2, 0.25) is 5.02 Å². The summed E-state index contributed by atoms with van der Waals surface area (Å²) in [6, 6.07) is 36.5. The fourth-order valence-electron chi connectivity index (χ4n) is 7.22. The van der Waals surface area contributed by atoms with E-state index in [-0.39, 0.29) is 0 Å². The maximum atomic E-state index is 6.40. The Bertz CT molecular complexity index is 2730. The first kappa shape index (κ1) is 34.4. The molecule has 5 heterocycles. The van der Waals surface area contributed by atoms with Gasteiger partial charge in [-0.3, -0.25) is 14.9 Å². The molecule has 5 aromatic heterocycles. The number of halogens is 1. The molecule has 55 heavy (non-hydrogen) atoms. The Hall–Kier alpha value is -6.36. The van der Waals surface area contributed by atoms with Crippen LogP contribution in [0.5, 0.6) is 5.75 Å². The summed E-state index contributed by atoms with van der Waals surface area (Å²) in [5.74, 6) is 2.43. The van der Waals surface area contributed by atoms with E-state index in [0.717, 1.165) is 108 Å². The lowest BCUT2D eigenvalue weighted by Crippen LogP contribution is -2.36. The molecule has 0 radical (unpaired) electrons. The first-order chi connectivity index (χ1) is 27.1. The molecule has 3 N–H and O–H groups in total. The first-order valence-corrected chi connectivity index (χ1v) is 18.8. The number of rotatable bonds is 13.